The fraction of sp³-hybridized carbons (Fsp3) is 0.462. The van der Waals surface area contributed by atoms with Gasteiger partial charge in [-0.1, -0.05) is 6.07 Å². The minimum absolute atomic E-state index is 0.0434. The molecule has 1 aromatic carbocycles. The van der Waals surface area contributed by atoms with Crippen molar-refractivity contribution in [1.29, 1.82) is 0 Å². The Morgan fingerprint density at radius 2 is 2.16 bits per heavy atom. The van der Waals surface area contributed by atoms with Crippen molar-refractivity contribution in [3.8, 4) is 0 Å². The van der Waals surface area contributed by atoms with E-state index in [1.54, 1.807) is 18.2 Å². The summed E-state index contributed by atoms with van der Waals surface area (Å²) in [6.07, 6.45) is 2.28. The van der Waals surface area contributed by atoms with E-state index in [9.17, 15) is 18.7 Å². The second kappa shape index (κ2) is 5.09. The van der Waals surface area contributed by atoms with E-state index in [0.29, 0.717) is 12.1 Å². The molecular weight excluding hydrogens is 272 g/mol. The number of thioether (sulfide) groups is 1. The minimum Gasteiger partial charge on any atom is -0.383 e. The molecule has 1 aliphatic carbocycles. The zero-order valence-electron chi connectivity index (χ0n) is 10.5. The highest BCUT2D eigenvalue weighted by atomic mass is 32.2. The second-order valence-corrected chi connectivity index (χ2v) is 5.53. The van der Waals surface area contributed by atoms with E-state index < -0.39 is 17.4 Å². The summed E-state index contributed by atoms with van der Waals surface area (Å²) in [5, 5.41) is 11.8. The molecule has 6 heteroatoms. The van der Waals surface area contributed by atoms with Gasteiger partial charge in [0, 0.05) is 10.6 Å². The van der Waals surface area contributed by atoms with Crippen molar-refractivity contribution in [2.75, 3.05) is 11.6 Å². The summed E-state index contributed by atoms with van der Waals surface area (Å²) >= 11 is 1.45. The minimum atomic E-state index is -3.76. The van der Waals surface area contributed by atoms with Gasteiger partial charge in [0.1, 0.15) is 5.60 Å². The molecule has 2 N–H and O–H groups in total. The van der Waals surface area contributed by atoms with Gasteiger partial charge in [-0.25, -0.2) is 0 Å². The predicted molar refractivity (Wildman–Crippen MR) is 70.6 cm³/mol. The van der Waals surface area contributed by atoms with Crippen molar-refractivity contribution in [2.24, 2.45) is 0 Å². The van der Waals surface area contributed by atoms with Crippen LogP contribution in [0.15, 0.2) is 29.2 Å². The SMILES string of the molecule is CSc1cccc(NC(=O)C(F)(F)C2(O)CCC2)c1. The average molecular weight is 287 g/mol. The molecule has 0 saturated heterocycles. The summed E-state index contributed by atoms with van der Waals surface area (Å²) in [4.78, 5) is 12.5. The normalized spacial score (nSPS) is 17.7. The monoisotopic (exact) mass is 287 g/mol. The molecule has 0 aromatic heterocycles. The molecule has 1 aliphatic rings. The number of anilines is 1. The van der Waals surface area contributed by atoms with Crippen molar-refractivity contribution >= 4 is 23.4 Å². The van der Waals surface area contributed by atoms with Gasteiger partial charge in [-0.15, -0.1) is 11.8 Å². The number of carbonyl (C=O) groups is 1. The molecule has 0 spiro atoms. The summed E-state index contributed by atoms with van der Waals surface area (Å²) in [7, 11) is 0. The Morgan fingerprint density at radius 3 is 2.68 bits per heavy atom. The molecule has 1 aromatic rings. The fourth-order valence-corrected chi connectivity index (χ4v) is 2.41. The van der Waals surface area contributed by atoms with E-state index >= 15 is 0 Å². The Hall–Kier alpha value is -1.14. The van der Waals surface area contributed by atoms with E-state index in [2.05, 4.69) is 5.32 Å². The van der Waals surface area contributed by atoms with E-state index in [1.165, 1.54) is 11.8 Å². The van der Waals surface area contributed by atoms with Crippen LogP contribution < -0.4 is 5.32 Å². The third-order valence-electron chi connectivity index (χ3n) is 3.38. The van der Waals surface area contributed by atoms with Crippen molar-refractivity contribution in [1.82, 2.24) is 0 Å². The molecule has 104 valence electrons. The number of hydrogen-bond acceptors (Lipinski definition) is 3. The quantitative estimate of drug-likeness (QED) is 0.837. The van der Waals surface area contributed by atoms with Crippen LogP contribution in [-0.2, 0) is 4.79 Å². The van der Waals surface area contributed by atoms with Gasteiger partial charge < -0.3 is 10.4 Å². The third kappa shape index (κ3) is 2.60. The largest absolute Gasteiger partial charge is 0.383 e. The number of carbonyl (C=O) groups excluding carboxylic acids is 1. The van der Waals surface area contributed by atoms with Crippen LogP contribution in [-0.4, -0.2) is 28.8 Å². The molecular formula is C13H15F2NO2S. The first kappa shape index (κ1) is 14.3. The number of aliphatic hydroxyl groups is 1. The molecule has 0 unspecified atom stereocenters. The maximum absolute atomic E-state index is 13.8. The third-order valence-corrected chi connectivity index (χ3v) is 4.10. The van der Waals surface area contributed by atoms with E-state index in [0.717, 1.165) is 4.90 Å². The van der Waals surface area contributed by atoms with Crippen molar-refractivity contribution in [3.05, 3.63) is 24.3 Å². The lowest BCUT2D eigenvalue weighted by atomic mass is 9.75. The first-order valence-electron chi connectivity index (χ1n) is 5.95. The Labute approximate surface area is 114 Å². The Kier molecular flexibility index (Phi) is 3.82. The average Bonchev–Trinajstić information content (AvgIpc) is 2.35. The molecule has 3 nitrogen and oxygen atoms in total. The second-order valence-electron chi connectivity index (χ2n) is 4.65. The molecule has 0 atom stereocenters. The summed E-state index contributed by atoms with van der Waals surface area (Å²) in [5.74, 6) is -5.21. The van der Waals surface area contributed by atoms with Crippen LogP contribution in [0, 0.1) is 0 Å². The smallest absolute Gasteiger partial charge is 0.352 e. The van der Waals surface area contributed by atoms with Crippen LogP contribution >= 0.6 is 11.8 Å². The fourth-order valence-electron chi connectivity index (χ4n) is 1.95. The van der Waals surface area contributed by atoms with Crippen molar-refractivity contribution < 1.29 is 18.7 Å². The first-order valence-corrected chi connectivity index (χ1v) is 7.17. The lowest BCUT2D eigenvalue weighted by Gasteiger charge is -2.41. The summed E-state index contributed by atoms with van der Waals surface area (Å²) in [6, 6.07) is 6.65. The van der Waals surface area contributed by atoms with Crippen LogP contribution in [0.2, 0.25) is 0 Å². The standard InChI is InChI=1S/C13H15F2NO2S/c1-19-10-5-2-4-9(8-10)16-11(17)13(14,15)12(18)6-3-7-12/h2,4-5,8,18H,3,6-7H2,1H3,(H,16,17). The highest BCUT2D eigenvalue weighted by Crippen LogP contribution is 2.44. The lowest BCUT2D eigenvalue weighted by molar-refractivity contribution is -0.212. The van der Waals surface area contributed by atoms with Crippen molar-refractivity contribution in [3.63, 3.8) is 0 Å². The number of amides is 1. The van der Waals surface area contributed by atoms with Crippen LogP contribution in [0.1, 0.15) is 19.3 Å². The predicted octanol–water partition coefficient (Wildman–Crippen LogP) is 2.90. The molecule has 1 amide bonds. The Bertz CT molecular complexity index is 489. The van der Waals surface area contributed by atoms with Gasteiger partial charge in [0.15, 0.2) is 0 Å². The van der Waals surface area contributed by atoms with Gasteiger partial charge >= 0.3 is 5.92 Å². The van der Waals surface area contributed by atoms with Gasteiger partial charge in [0.05, 0.1) is 0 Å². The molecule has 0 radical (unpaired) electrons. The van der Waals surface area contributed by atoms with Gasteiger partial charge in [0.2, 0.25) is 0 Å². The number of rotatable bonds is 4. The first-order chi connectivity index (χ1) is 8.89. The topological polar surface area (TPSA) is 49.3 Å². The Balaban J connectivity index is 2.12. The number of nitrogens with one attached hydrogen (secondary N) is 1. The van der Waals surface area contributed by atoms with E-state index in [4.69, 9.17) is 0 Å². The molecule has 19 heavy (non-hydrogen) atoms. The van der Waals surface area contributed by atoms with E-state index in [-0.39, 0.29) is 12.8 Å². The number of hydrogen-bond donors (Lipinski definition) is 2. The highest BCUT2D eigenvalue weighted by Gasteiger charge is 2.61. The number of halogens is 2. The Morgan fingerprint density at radius 1 is 1.47 bits per heavy atom. The van der Waals surface area contributed by atoms with Crippen LogP contribution in [0.5, 0.6) is 0 Å². The van der Waals surface area contributed by atoms with Crippen molar-refractivity contribution in [2.45, 2.75) is 35.7 Å². The van der Waals surface area contributed by atoms with Gasteiger partial charge in [-0.2, -0.15) is 8.78 Å². The van der Waals surface area contributed by atoms with Crippen LogP contribution in [0.4, 0.5) is 14.5 Å². The molecule has 1 fully saturated rings. The summed E-state index contributed by atoms with van der Waals surface area (Å²) < 4.78 is 27.7. The maximum atomic E-state index is 13.8. The van der Waals surface area contributed by atoms with Gasteiger partial charge in [0.25, 0.3) is 5.91 Å². The maximum Gasteiger partial charge on any atom is 0.352 e. The van der Waals surface area contributed by atoms with Crippen LogP contribution in [0.25, 0.3) is 0 Å². The van der Waals surface area contributed by atoms with E-state index in [1.807, 2.05) is 12.3 Å². The molecule has 0 aliphatic heterocycles. The zero-order chi connectivity index (χ0) is 14.1. The zero-order valence-corrected chi connectivity index (χ0v) is 11.3. The molecule has 0 heterocycles. The van der Waals surface area contributed by atoms with Gasteiger partial charge in [-0.05, 0) is 43.7 Å². The van der Waals surface area contributed by atoms with Gasteiger partial charge in [-0.3, -0.25) is 4.79 Å². The summed E-state index contributed by atoms with van der Waals surface area (Å²) in [6.45, 7) is 0. The molecule has 0 bridgehead atoms. The molecule has 2 rings (SSSR count). The van der Waals surface area contributed by atoms with Crippen LogP contribution in [0.3, 0.4) is 0 Å². The lowest BCUT2D eigenvalue weighted by Crippen LogP contribution is -2.59. The molecule has 1 saturated carbocycles. The number of benzene rings is 1. The summed E-state index contributed by atoms with van der Waals surface area (Å²) in [5.41, 5.74) is -1.88. The number of alkyl halides is 2. The highest BCUT2D eigenvalue weighted by molar-refractivity contribution is 7.98.